The molecule has 0 spiro atoms. The minimum atomic E-state index is -1.46. The molecule has 2 aromatic heterocycles. The number of amides is 2. The molecule has 0 fully saturated rings. The highest BCUT2D eigenvalue weighted by molar-refractivity contribution is 9.10. The van der Waals surface area contributed by atoms with Gasteiger partial charge in [-0.05, 0) is 181 Å². The number of fused-ring (bicyclic) bond motifs is 2. The number of pyridine rings is 2. The molecule has 0 bridgehead atoms. The summed E-state index contributed by atoms with van der Waals surface area (Å²) in [5, 5.41) is 39.8. The first-order valence-electron chi connectivity index (χ1n) is 22.6. The number of carbonyl (C=O) groups is 2. The maximum Gasteiger partial charge on any atom is 0.488 e. The molecule has 14 nitrogen and oxygen atoms in total. The molecule has 364 valence electrons. The molecule has 0 aliphatic carbocycles. The van der Waals surface area contributed by atoms with Crippen LogP contribution in [0.4, 0.5) is 9.59 Å². The molecule has 6 aromatic rings. The molecule has 0 atom stereocenters. The normalized spacial score (nSPS) is 11.4. The van der Waals surface area contributed by atoms with Crippen molar-refractivity contribution in [1.82, 2.24) is 29.6 Å². The van der Waals surface area contributed by atoms with Crippen molar-refractivity contribution in [2.75, 3.05) is 54.4 Å². The molecule has 6 rings (SSSR count). The minimum Gasteiger partial charge on any atom is -0.508 e. The van der Waals surface area contributed by atoms with E-state index in [4.69, 9.17) is 24.6 Å². The quantitative estimate of drug-likeness (QED) is 0.0765. The summed E-state index contributed by atoms with van der Waals surface area (Å²) in [6.07, 6.45) is 8.49. The second-order valence-electron chi connectivity index (χ2n) is 19.0. The number of rotatable bonds is 14. The number of phenols is 2. The second-order valence-corrected chi connectivity index (χ2v) is 19.9. The van der Waals surface area contributed by atoms with E-state index in [1.807, 2.05) is 125 Å². The van der Waals surface area contributed by atoms with Gasteiger partial charge in [0.1, 0.15) is 22.7 Å². The highest BCUT2D eigenvalue weighted by Gasteiger charge is 2.24. The molecule has 0 aliphatic heterocycles. The van der Waals surface area contributed by atoms with Crippen molar-refractivity contribution in [2.45, 2.75) is 78.7 Å². The molecule has 68 heavy (non-hydrogen) atoms. The molecule has 0 saturated heterocycles. The van der Waals surface area contributed by atoms with E-state index in [-0.39, 0.29) is 23.7 Å². The van der Waals surface area contributed by atoms with Crippen LogP contribution >= 0.6 is 15.9 Å². The molecule has 4 aromatic carbocycles. The average Bonchev–Trinajstić information content (AvgIpc) is 3.25. The van der Waals surface area contributed by atoms with E-state index in [0.29, 0.717) is 31.6 Å². The molecule has 16 heteroatoms. The van der Waals surface area contributed by atoms with Gasteiger partial charge >= 0.3 is 19.3 Å². The number of aromatic hydroxyl groups is 2. The molecule has 2 amide bonds. The molecule has 0 radical (unpaired) electrons. The standard InChI is InChI=1S/C26H33N3O3.C20H28BrN3O2.C6H7BO3/c1-26(2,3)32-25(31)29(14-6-13-28(4)5)18-19-7-8-21-16-27-17-24(23(21)15-19)20-9-11-22(30)12-10-20;1-20(2,3)26-19(25)24(10-6-9-23(4)5)14-15-7-8-16-12-22-13-18(21)17(16)11-15;8-6-3-1-5(2-4-6)7(9)10/h7-12,15-17,30H,6,13-14,18H2,1-5H3;7-8,11-13H,6,9-10,14H2,1-5H3;1-4,8-10H. The second kappa shape index (κ2) is 25.6. The summed E-state index contributed by atoms with van der Waals surface area (Å²) >= 11 is 3.55. The zero-order chi connectivity index (χ0) is 50.2. The molecule has 0 saturated carbocycles. The summed E-state index contributed by atoms with van der Waals surface area (Å²) in [6.45, 7) is 15.4. The SMILES string of the molecule is CN(C)CCCN(Cc1ccc2cncc(-c3ccc(O)cc3)c2c1)C(=O)OC(C)(C)C.CN(C)CCCN(Cc1ccc2cncc(Br)c2c1)C(=O)OC(C)(C)C.OB(O)c1ccc(O)cc1. The van der Waals surface area contributed by atoms with Crippen molar-refractivity contribution >= 4 is 62.2 Å². The third-order valence-corrected chi connectivity index (χ3v) is 10.7. The van der Waals surface area contributed by atoms with Crippen LogP contribution in [-0.4, -0.2) is 135 Å². The smallest absolute Gasteiger partial charge is 0.488 e. The lowest BCUT2D eigenvalue weighted by atomic mass is 9.80. The molecular formula is C52H68BBrN6O8. The Kier molecular flexibility index (Phi) is 20.6. The largest absolute Gasteiger partial charge is 0.508 e. The topological polar surface area (TPSA) is 172 Å². The van der Waals surface area contributed by atoms with E-state index in [1.165, 1.54) is 24.3 Å². The Bertz CT molecular complexity index is 2530. The Morgan fingerprint density at radius 3 is 1.46 bits per heavy atom. The Hall–Kier alpha value is -5.78. The van der Waals surface area contributed by atoms with Gasteiger partial charge in [0, 0.05) is 71.8 Å². The first-order chi connectivity index (χ1) is 32.0. The van der Waals surface area contributed by atoms with Gasteiger partial charge in [0.25, 0.3) is 0 Å². The van der Waals surface area contributed by atoms with Crippen LogP contribution in [0.1, 0.15) is 65.5 Å². The summed E-state index contributed by atoms with van der Waals surface area (Å²) in [6, 6.07) is 25.2. The van der Waals surface area contributed by atoms with E-state index in [0.717, 1.165) is 74.2 Å². The van der Waals surface area contributed by atoms with Crippen molar-refractivity contribution in [3.8, 4) is 22.6 Å². The highest BCUT2D eigenvalue weighted by atomic mass is 79.9. The fourth-order valence-electron chi connectivity index (χ4n) is 6.82. The summed E-state index contributed by atoms with van der Waals surface area (Å²) in [5.41, 5.74) is 3.39. The first kappa shape index (κ1) is 54.8. The summed E-state index contributed by atoms with van der Waals surface area (Å²) in [7, 11) is 6.67. The molecular weight excluding hydrogens is 927 g/mol. The minimum absolute atomic E-state index is 0.115. The van der Waals surface area contributed by atoms with Gasteiger partial charge in [-0.2, -0.15) is 0 Å². The van der Waals surface area contributed by atoms with Crippen LogP contribution in [0.25, 0.3) is 32.7 Å². The van der Waals surface area contributed by atoms with E-state index < -0.39 is 18.3 Å². The maximum absolute atomic E-state index is 12.9. The fourth-order valence-corrected chi connectivity index (χ4v) is 7.28. The molecule has 0 unspecified atom stereocenters. The van der Waals surface area contributed by atoms with Gasteiger partial charge in [0.2, 0.25) is 0 Å². The average molecular weight is 996 g/mol. The third-order valence-electron chi connectivity index (χ3n) is 10.1. The summed E-state index contributed by atoms with van der Waals surface area (Å²) in [5.74, 6) is 0.345. The monoisotopic (exact) mass is 994 g/mol. The van der Waals surface area contributed by atoms with Crippen LogP contribution in [0, 0.1) is 0 Å². The summed E-state index contributed by atoms with van der Waals surface area (Å²) in [4.78, 5) is 41.9. The highest BCUT2D eigenvalue weighted by Crippen LogP contribution is 2.30. The Labute approximate surface area is 410 Å². The van der Waals surface area contributed by atoms with E-state index in [1.54, 1.807) is 28.1 Å². The maximum atomic E-state index is 12.9. The van der Waals surface area contributed by atoms with Gasteiger partial charge < -0.3 is 49.3 Å². The van der Waals surface area contributed by atoms with Crippen LogP contribution in [0.3, 0.4) is 0 Å². The zero-order valence-electron chi connectivity index (χ0n) is 41.1. The van der Waals surface area contributed by atoms with Crippen LogP contribution in [0.5, 0.6) is 11.5 Å². The van der Waals surface area contributed by atoms with Gasteiger partial charge in [-0.15, -0.1) is 0 Å². The van der Waals surface area contributed by atoms with Crippen LogP contribution in [-0.2, 0) is 22.6 Å². The lowest BCUT2D eigenvalue weighted by Crippen LogP contribution is -2.37. The van der Waals surface area contributed by atoms with E-state index in [9.17, 15) is 14.7 Å². The lowest BCUT2D eigenvalue weighted by Gasteiger charge is -2.28. The number of halogens is 1. The van der Waals surface area contributed by atoms with Gasteiger partial charge in [0.15, 0.2) is 0 Å². The number of hydrogen-bond acceptors (Lipinski definition) is 12. The summed E-state index contributed by atoms with van der Waals surface area (Å²) < 4.78 is 12.2. The molecule has 0 aliphatic rings. The lowest BCUT2D eigenvalue weighted by molar-refractivity contribution is 0.0218. The van der Waals surface area contributed by atoms with Crippen LogP contribution in [0.15, 0.2) is 114 Å². The van der Waals surface area contributed by atoms with Gasteiger partial charge in [-0.25, -0.2) is 9.59 Å². The van der Waals surface area contributed by atoms with Crippen molar-refractivity contribution in [1.29, 1.82) is 0 Å². The predicted octanol–water partition coefficient (Wildman–Crippen LogP) is 9.05. The number of benzene rings is 4. The van der Waals surface area contributed by atoms with Gasteiger partial charge in [0.05, 0.1) is 0 Å². The van der Waals surface area contributed by atoms with Crippen molar-refractivity contribution < 1.29 is 39.3 Å². The zero-order valence-corrected chi connectivity index (χ0v) is 42.7. The van der Waals surface area contributed by atoms with Crippen molar-refractivity contribution in [3.05, 3.63) is 125 Å². The third kappa shape index (κ3) is 18.7. The van der Waals surface area contributed by atoms with Gasteiger partial charge in [-0.3, -0.25) is 9.97 Å². The molecule has 2 heterocycles. The van der Waals surface area contributed by atoms with Crippen molar-refractivity contribution in [2.24, 2.45) is 0 Å². The molecule has 4 N–H and O–H groups in total. The number of carbonyl (C=O) groups excluding carboxylic acids is 2. The van der Waals surface area contributed by atoms with Crippen LogP contribution in [0.2, 0.25) is 0 Å². The fraction of sp³-hybridized carbons (Fsp3) is 0.385. The first-order valence-corrected chi connectivity index (χ1v) is 23.4. The number of hydrogen-bond donors (Lipinski definition) is 4. The number of phenolic OH excluding ortho intramolecular Hbond substituents is 2. The number of ether oxygens (including phenoxy) is 2. The van der Waals surface area contributed by atoms with E-state index in [2.05, 4.69) is 47.8 Å². The number of aromatic nitrogens is 2. The number of nitrogens with zero attached hydrogens (tertiary/aromatic N) is 6. The van der Waals surface area contributed by atoms with E-state index >= 15 is 0 Å². The Morgan fingerprint density at radius 1 is 0.588 bits per heavy atom. The van der Waals surface area contributed by atoms with Crippen LogP contribution < -0.4 is 5.46 Å². The Morgan fingerprint density at radius 2 is 1.01 bits per heavy atom. The Balaban J connectivity index is 0.000000250. The predicted molar refractivity (Wildman–Crippen MR) is 276 cm³/mol. The van der Waals surface area contributed by atoms with Gasteiger partial charge in [-0.1, -0.05) is 48.5 Å². The van der Waals surface area contributed by atoms with Crippen molar-refractivity contribution in [3.63, 3.8) is 0 Å².